The van der Waals surface area contributed by atoms with E-state index in [0.717, 1.165) is 12.8 Å². The van der Waals surface area contributed by atoms with Crippen LogP contribution in [0.15, 0.2) is 0 Å². The quantitative estimate of drug-likeness (QED) is 0.602. The van der Waals surface area contributed by atoms with Crippen molar-refractivity contribution < 1.29 is 19.5 Å². The van der Waals surface area contributed by atoms with E-state index < -0.39 is 24.2 Å². The number of hydrogen-bond acceptors (Lipinski definition) is 4. The second-order valence-corrected chi connectivity index (χ2v) is 4.06. The Labute approximate surface area is 87.1 Å². The largest absolute Gasteiger partial charge is 0.389 e. The Balaban J connectivity index is 2.22. The maximum atomic E-state index is 11.8. The molecule has 5 heteroatoms. The number of hydrogen-bond donors (Lipinski definition) is 1. The number of Topliss-reactive ketones (excluding diaryl/α,β-unsaturated/α-hetero) is 2. The minimum atomic E-state index is -1.23. The summed E-state index contributed by atoms with van der Waals surface area (Å²) in [6.45, 7) is -0.105. The Morgan fingerprint density at radius 1 is 1.47 bits per heavy atom. The summed E-state index contributed by atoms with van der Waals surface area (Å²) in [6.07, 6.45) is 2.00. The first-order valence-electron chi connectivity index (χ1n) is 5.12. The maximum Gasteiger partial charge on any atom is 0.241 e. The number of amides is 1. The number of aliphatic hydroxyl groups is 1. The molecule has 1 amide bonds. The molecule has 0 bridgehead atoms. The van der Waals surface area contributed by atoms with Crippen molar-refractivity contribution in [3.63, 3.8) is 0 Å². The number of fused-ring (bicyclic) bond motifs is 1. The van der Waals surface area contributed by atoms with Crippen molar-refractivity contribution in [1.82, 2.24) is 4.90 Å². The van der Waals surface area contributed by atoms with E-state index in [4.69, 9.17) is 5.11 Å². The third-order valence-electron chi connectivity index (χ3n) is 3.14. The molecule has 2 saturated heterocycles. The minimum absolute atomic E-state index is 0.00672. The number of piperidine rings is 1. The standard InChI is InChI=1S/C10H13NO4/c12-5-8(14)9-7(13)4-6-2-1-3-11(6)10(9)15/h6,9,12H,1-5H2/t6-,9?/m0/s1. The highest BCUT2D eigenvalue weighted by Crippen LogP contribution is 2.29. The molecule has 2 atom stereocenters. The normalized spacial score (nSPS) is 30.6. The van der Waals surface area contributed by atoms with Crippen molar-refractivity contribution in [2.75, 3.05) is 13.2 Å². The van der Waals surface area contributed by atoms with Gasteiger partial charge in [0.15, 0.2) is 17.5 Å². The average Bonchev–Trinajstić information content (AvgIpc) is 2.65. The monoisotopic (exact) mass is 211 g/mol. The maximum absolute atomic E-state index is 11.8. The smallest absolute Gasteiger partial charge is 0.241 e. The van der Waals surface area contributed by atoms with Gasteiger partial charge in [0.2, 0.25) is 5.91 Å². The number of ketones is 2. The van der Waals surface area contributed by atoms with Gasteiger partial charge in [-0.1, -0.05) is 0 Å². The molecule has 2 aliphatic heterocycles. The van der Waals surface area contributed by atoms with Gasteiger partial charge in [0, 0.05) is 19.0 Å². The van der Waals surface area contributed by atoms with Crippen LogP contribution in [0, 0.1) is 5.92 Å². The lowest BCUT2D eigenvalue weighted by atomic mass is 9.88. The summed E-state index contributed by atoms with van der Waals surface area (Å²) in [5, 5.41) is 8.69. The van der Waals surface area contributed by atoms with Crippen molar-refractivity contribution >= 4 is 17.5 Å². The van der Waals surface area contributed by atoms with Gasteiger partial charge in [-0.05, 0) is 12.8 Å². The van der Waals surface area contributed by atoms with Gasteiger partial charge in [0.1, 0.15) is 6.61 Å². The van der Waals surface area contributed by atoms with Crippen molar-refractivity contribution in [3.8, 4) is 0 Å². The Bertz CT molecular complexity index is 325. The Hall–Kier alpha value is -1.23. The van der Waals surface area contributed by atoms with Gasteiger partial charge in [-0.3, -0.25) is 14.4 Å². The third-order valence-corrected chi connectivity index (χ3v) is 3.14. The number of rotatable bonds is 2. The van der Waals surface area contributed by atoms with Crippen LogP contribution < -0.4 is 0 Å². The number of carbonyl (C=O) groups excluding carboxylic acids is 3. The summed E-state index contributed by atoms with van der Waals surface area (Å²) < 4.78 is 0. The molecule has 5 nitrogen and oxygen atoms in total. The number of aliphatic hydroxyl groups excluding tert-OH is 1. The van der Waals surface area contributed by atoms with E-state index in [9.17, 15) is 14.4 Å². The van der Waals surface area contributed by atoms with Crippen LogP contribution in [0.4, 0.5) is 0 Å². The second-order valence-electron chi connectivity index (χ2n) is 4.06. The molecule has 0 saturated carbocycles. The van der Waals surface area contributed by atoms with Crippen LogP contribution in [0.1, 0.15) is 19.3 Å². The van der Waals surface area contributed by atoms with Crippen LogP contribution in [-0.2, 0) is 14.4 Å². The molecule has 0 spiro atoms. The molecule has 0 aromatic rings. The van der Waals surface area contributed by atoms with Gasteiger partial charge in [0.25, 0.3) is 0 Å². The molecule has 0 radical (unpaired) electrons. The molecule has 1 unspecified atom stereocenters. The number of nitrogens with zero attached hydrogens (tertiary/aromatic N) is 1. The Morgan fingerprint density at radius 2 is 2.20 bits per heavy atom. The summed E-state index contributed by atoms with van der Waals surface area (Å²) in [7, 11) is 0. The summed E-state index contributed by atoms with van der Waals surface area (Å²) in [5.41, 5.74) is 0. The molecule has 15 heavy (non-hydrogen) atoms. The first-order valence-corrected chi connectivity index (χ1v) is 5.12. The van der Waals surface area contributed by atoms with E-state index in [1.165, 1.54) is 0 Å². The van der Waals surface area contributed by atoms with Crippen molar-refractivity contribution in [3.05, 3.63) is 0 Å². The fourth-order valence-electron chi connectivity index (χ4n) is 2.40. The molecule has 0 aromatic carbocycles. The fraction of sp³-hybridized carbons (Fsp3) is 0.700. The summed E-state index contributed by atoms with van der Waals surface area (Å²) in [5.74, 6) is -2.64. The molecule has 2 aliphatic rings. The lowest BCUT2D eigenvalue weighted by molar-refractivity contribution is -0.152. The Morgan fingerprint density at radius 3 is 2.87 bits per heavy atom. The van der Waals surface area contributed by atoms with Crippen LogP contribution in [0.3, 0.4) is 0 Å². The lowest BCUT2D eigenvalue weighted by Crippen LogP contribution is -2.52. The van der Waals surface area contributed by atoms with Crippen LogP contribution in [-0.4, -0.2) is 46.7 Å². The summed E-state index contributed by atoms with van der Waals surface area (Å²) >= 11 is 0. The lowest BCUT2D eigenvalue weighted by Gasteiger charge is -2.32. The molecule has 0 aliphatic carbocycles. The summed E-state index contributed by atoms with van der Waals surface area (Å²) in [6, 6.07) is -0.00672. The average molecular weight is 211 g/mol. The molecular formula is C10H13NO4. The molecule has 82 valence electrons. The molecular weight excluding hydrogens is 198 g/mol. The van der Waals surface area contributed by atoms with Gasteiger partial charge in [-0.15, -0.1) is 0 Å². The first kappa shape index (κ1) is 10.3. The van der Waals surface area contributed by atoms with Gasteiger partial charge in [0.05, 0.1) is 0 Å². The van der Waals surface area contributed by atoms with E-state index in [0.29, 0.717) is 6.54 Å². The first-order chi connectivity index (χ1) is 7.15. The summed E-state index contributed by atoms with van der Waals surface area (Å²) in [4.78, 5) is 36.2. The van der Waals surface area contributed by atoms with Crippen LogP contribution >= 0.6 is 0 Å². The van der Waals surface area contributed by atoms with E-state index in [1.807, 2.05) is 0 Å². The van der Waals surface area contributed by atoms with E-state index in [-0.39, 0.29) is 18.2 Å². The zero-order valence-electron chi connectivity index (χ0n) is 8.31. The topological polar surface area (TPSA) is 74.7 Å². The molecule has 2 heterocycles. The van der Waals surface area contributed by atoms with E-state index >= 15 is 0 Å². The minimum Gasteiger partial charge on any atom is -0.389 e. The third kappa shape index (κ3) is 1.56. The van der Waals surface area contributed by atoms with Gasteiger partial charge in [-0.2, -0.15) is 0 Å². The van der Waals surface area contributed by atoms with Crippen molar-refractivity contribution in [2.24, 2.45) is 5.92 Å². The predicted molar refractivity (Wildman–Crippen MR) is 49.9 cm³/mol. The van der Waals surface area contributed by atoms with E-state index in [1.54, 1.807) is 4.90 Å². The van der Waals surface area contributed by atoms with Gasteiger partial charge >= 0.3 is 0 Å². The number of carbonyl (C=O) groups is 3. The highest BCUT2D eigenvalue weighted by molar-refractivity contribution is 6.20. The Kier molecular flexibility index (Phi) is 2.56. The predicted octanol–water partition coefficient (Wildman–Crippen LogP) is -0.872. The van der Waals surface area contributed by atoms with Crippen LogP contribution in [0.5, 0.6) is 0 Å². The second kappa shape index (κ2) is 3.73. The highest BCUT2D eigenvalue weighted by atomic mass is 16.3. The van der Waals surface area contributed by atoms with Crippen LogP contribution in [0.25, 0.3) is 0 Å². The van der Waals surface area contributed by atoms with Gasteiger partial charge in [-0.25, -0.2) is 0 Å². The van der Waals surface area contributed by atoms with Crippen molar-refractivity contribution in [1.29, 1.82) is 0 Å². The highest BCUT2D eigenvalue weighted by Gasteiger charge is 2.45. The fourth-order valence-corrected chi connectivity index (χ4v) is 2.40. The van der Waals surface area contributed by atoms with E-state index in [2.05, 4.69) is 0 Å². The zero-order valence-corrected chi connectivity index (χ0v) is 8.31. The SMILES string of the molecule is O=C(CO)C1C(=O)C[C@@H]2CCCN2C1=O. The zero-order chi connectivity index (χ0) is 11.0. The van der Waals surface area contributed by atoms with Crippen LogP contribution in [0.2, 0.25) is 0 Å². The van der Waals surface area contributed by atoms with Gasteiger partial charge < -0.3 is 10.0 Å². The van der Waals surface area contributed by atoms with Crippen molar-refractivity contribution in [2.45, 2.75) is 25.3 Å². The molecule has 1 N–H and O–H groups in total. The molecule has 2 fully saturated rings. The molecule has 2 rings (SSSR count). The molecule has 0 aromatic heterocycles.